The standard InChI is InChI=1S/C22H39F2N2O9PSi/c1-9-33-36(29,30)22(23,24)12-15-16(35-37(7,8)21(3,4)5)17(32-11-10-31-6)19(34-15)26-13-14(2)18(27)25-20(26)28/h13,15-17,19H,9-12H2,1-8H3,(H,29,30)(H,25,27,28)/t15-,16-,17-,19-/m1/s1. The highest BCUT2D eigenvalue weighted by Crippen LogP contribution is 2.60. The molecule has 0 radical (unpaired) electrons. The predicted octanol–water partition coefficient (Wildman–Crippen LogP) is 3.37. The fourth-order valence-corrected chi connectivity index (χ4v) is 5.87. The Bertz CT molecular complexity index is 1090. The number of aryl methyl sites for hydroxylation is 1. The lowest BCUT2D eigenvalue weighted by molar-refractivity contribution is -0.0857. The van der Waals surface area contributed by atoms with Gasteiger partial charge in [0.05, 0.1) is 32.3 Å². The fourth-order valence-electron chi connectivity index (χ4n) is 3.60. The summed E-state index contributed by atoms with van der Waals surface area (Å²) in [4.78, 5) is 36.7. The molecule has 1 aromatic heterocycles. The van der Waals surface area contributed by atoms with Crippen LogP contribution in [0.5, 0.6) is 0 Å². The molecule has 1 aromatic rings. The molecule has 1 aliphatic heterocycles. The summed E-state index contributed by atoms with van der Waals surface area (Å²) in [7, 11) is -6.54. The van der Waals surface area contributed by atoms with Crippen molar-refractivity contribution in [2.24, 2.45) is 0 Å². The molecule has 1 unspecified atom stereocenters. The van der Waals surface area contributed by atoms with Gasteiger partial charge in [-0.15, -0.1) is 0 Å². The van der Waals surface area contributed by atoms with Crippen LogP contribution in [0.25, 0.3) is 0 Å². The summed E-state index contributed by atoms with van der Waals surface area (Å²) in [5, 5.41) is -0.335. The molecular formula is C22H39F2N2O9PSi. The van der Waals surface area contributed by atoms with E-state index in [4.69, 9.17) is 18.6 Å². The number of hydrogen-bond acceptors (Lipinski definition) is 8. The third kappa shape index (κ3) is 7.24. The number of halogens is 2. The Morgan fingerprint density at radius 1 is 1.22 bits per heavy atom. The number of nitrogens with one attached hydrogen (secondary N) is 1. The molecular weight excluding hydrogens is 533 g/mol. The quantitative estimate of drug-likeness (QED) is 0.219. The second-order valence-corrected chi connectivity index (χ2v) is 17.2. The van der Waals surface area contributed by atoms with Crippen molar-refractivity contribution in [2.75, 3.05) is 26.9 Å². The van der Waals surface area contributed by atoms with Crippen LogP contribution in [0.1, 0.15) is 45.9 Å². The van der Waals surface area contributed by atoms with Crippen LogP contribution in [0.3, 0.4) is 0 Å². The molecule has 2 heterocycles. The van der Waals surface area contributed by atoms with Crippen LogP contribution in [0, 0.1) is 6.92 Å². The minimum absolute atomic E-state index is 0.0238. The van der Waals surface area contributed by atoms with Crippen molar-refractivity contribution in [3.05, 3.63) is 32.6 Å². The fraction of sp³-hybridized carbons (Fsp3) is 0.818. The van der Waals surface area contributed by atoms with Crippen LogP contribution in [0.2, 0.25) is 18.1 Å². The van der Waals surface area contributed by atoms with E-state index < -0.39 is 70.4 Å². The molecule has 5 atom stereocenters. The predicted molar refractivity (Wildman–Crippen MR) is 135 cm³/mol. The number of alkyl halides is 2. The first-order chi connectivity index (χ1) is 16.9. The molecule has 15 heteroatoms. The highest BCUT2D eigenvalue weighted by Gasteiger charge is 2.59. The Morgan fingerprint density at radius 2 is 1.84 bits per heavy atom. The average molecular weight is 573 g/mol. The first-order valence-electron chi connectivity index (χ1n) is 12.0. The van der Waals surface area contributed by atoms with Gasteiger partial charge in [-0.1, -0.05) is 20.8 Å². The lowest BCUT2D eigenvalue weighted by Crippen LogP contribution is -2.51. The van der Waals surface area contributed by atoms with Crippen LogP contribution in [-0.4, -0.2) is 73.7 Å². The lowest BCUT2D eigenvalue weighted by atomic mass is 10.1. The molecule has 0 bridgehead atoms. The largest absolute Gasteiger partial charge is 0.408 e. The van der Waals surface area contributed by atoms with Gasteiger partial charge in [0.2, 0.25) is 0 Å². The van der Waals surface area contributed by atoms with Crippen LogP contribution in [0.15, 0.2) is 15.8 Å². The average Bonchev–Trinajstić information content (AvgIpc) is 3.05. The van der Waals surface area contributed by atoms with E-state index in [-0.39, 0.29) is 23.8 Å². The molecule has 0 amide bonds. The Balaban J connectivity index is 2.62. The van der Waals surface area contributed by atoms with Gasteiger partial charge in [-0.3, -0.25) is 18.9 Å². The first kappa shape index (κ1) is 32.0. The van der Waals surface area contributed by atoms with Crippen molar-refractivity contribution < 1.29 is 41.4 Å². The molecule has 11 nitrogen and oxygen atoms in total. The van der Waals surface area contributed by atoms with E-state index in [0.717, 1.165) is 4.57 Å². The summed E-state index contributed by atoms with van der Waals surface area (Å²) >= 11 is 0. The summed E-state index contributed by atoms with van der Waals surface area (Å²) in [6.45, 7) is 12.3. The number of H-pyrrole nitrogens is 1. The van der Waals surface area contributed by atoms with Crippen LogP contribution >= 0.6 is 7.60 Å². The maximum absolute atomic E-state index is 15.1. The Morgan fingerprint density at radius 3 is 2.38 bits per heavy atom. The van der Waals surface area contributed by atoms with E-state index in [1.165, 1.54) is 27.2 Å². The minimum Gasteiger partial charge on any atom is -0.408 e. The molecule has 1 aliphatic rings. The van der Waals surface area contributed by atoms with Crippen molar-refractivity contribution in [3.63, 3.8) is 0 Å². The summed E-state index contributed by atoms with van der Waals surface area (Å²) in [6.07, 6.45) is -4.94. The van der Waals surface area contributed by atoms with Crippen LogP contribution in [-0.2, 0) is 27.7 Å². The summed E-state index contributed by atoms with van der Waals surface area (Å²) in [5.74, 6) is 0. The van der Waals surface area contributed by atoms with E-state index in [1.54, 1.807) is 0 Å². The molecule has 2 N–H and O–H groups in total. The molecule has 0 aromatic carbocycles. The second-order valence-electron chi connectivity index (χ2n) is 10.5. The molecule has 1 saturated heterocycles. The van der Waals surface area contributed by atoms with Gasteiger partial charge in [-0.25, -0.2) is 4.79 Å². The second kappa shape index (κ2) is 11.9. The lowest BCUT2D eigenvalue weighted by Gasteiger charge is -2.41. The van der Waals surface area contributed by atoms with Gasteiger partial charge in [0.1, 0.15) is 12.2 Å². The number of nitrogens with zero attached hydrogens (tertiary/aromatic N) is 1. The normalized spacial score (nSPS) is 24.8. The van der Waals surface area contributed by atoms with E-state index in [9.17, 15) is 19.0 Å². The number of aromatic nitrogens is 2. The molecule has 2 rings (SSSR count). The van der Waals surface area contributed by atoms with Crippen molar-refractivity contribution in [1.82, 2.24) is 9.55 Å². The molecule has 0 spiro atoms. The number of ether oxygens (including phenoxy) is 3. The van der Waals surface area contributed by atoms with Gasteiger partial charge in [0.15, 0.2) is 14.5 Å². The molecule has 37 heavy (non-hydrogen) atoms. The maximum atomic E-state index is 15.1. The first-order valence-corrected chi connectivity index (χ1v) is 16.5. The van der Waals surface area contributed by atoms with E-state index in [2.05, 4.69) is 9.51 Å². The van der Waals surface area contributed by atoms with Crippen molar-refractivity contribution >= 4 is 15.9 Å². The number of methoxy groups -OCH3 is 1. The molecule has 214 valence electrons. The van der Waals surface area contributed by atoms with Crippen molar-refractivity contribution in [3.8, 4) is 0 Å². The monoisotopic (exact) mass is 572 g/mol. The van der Waals surface area contributed by atoms with Crippen LogP contribution < -0.4 is 11.2 Å². The number of aromatic amines is 1. The van der Waals surface area contributed by atoms with Gasteiger partial charge in [-0.05, 0) is 32.0 Å². The number of hydrogen-bond donors (Lipinski definition) is 2. The zero-order valence-electron chi connectivity index (χ0n) is 22.6. The summed E-state index contributed by atoms with van der Waals surface area (Å²) in [6, 6.07) is 0. The molecule has 1 fully saturated rings. The van der Waals surface area contributed by atoms with E-state index in [0.29, 0.717) is 0 Å². The molecule has 0 aliphatic carbocycles. The summed E-state index contributed by atoms with van der Waals surface area (Å²) < 4.78 is 71.5. The topological polar surface area (TPSA) is 138 Å². The summed E-state index contributed by atoms with van der Waals surface area (Å²) in [5.41, 5.74) is -5.43. The van der Waals surface area contributed by atoms with Crippen molar-refractivity contribution in [1.29, 1.82) is 0 Å². The Kier molecular flexibility index (Phi) is 10.3. The van der Waals surface area contributed by atoms with Gasteiger partial charge >= 0.3 is 18.9 Å². The highest BCUT2D eigenvalue weighted by atomic mass is 31.2. The zero-order valence-corrected chi connectivity index (χ0v) is 24.5. The van der Waals surface area contributed by atoms with Gasteiger partial charge in [0, 0.05) is 18.9 Å². The SMILES string of the molecule is CCOP(=O)(O)C(F)(F)C[C@H]1O[C@@H](n2cc(C)c(=O)[nH]c2=O)[C@H](OCCOC)[C@@H]1O[Si](C)(C)C(C)(C)C. The highest BCUT2D eigenvalue weighted by molar-refractivity contribution is 7.54. The zero-order chi connectivity index (χ0) is 28.4. The maximum Gasteiger partial charge on any atom is 0.397 e. The Hall–Kier alpha value is -1.25. The Labute approximate surface area is 216 Å². The van der Waals surface area contributed by atoms with E-state index >= 15 is 8.78 Å². The van der Waals surface area contributed by atoms with E-state index in [1.807, 2.05) is 33.9 Å². The third-order valence-electron chi connectivity index (χ3n) is 6.70. The van der Waals surface area contributed by atoms with Crippen LogP contribution in [0.4, 0.5) is 8.78 Å². The van der Waals surface area contributed by atoms with Gasteiger partial charge in [0.25, 0.3) is 5.56 Å². The minimum atomic E-state index is -5.35. The van der Waals surface area contributed by atoms with Gasteiger partial charge < -0.3 is 28.1 Å². The smallest absolute Gasteiger partial charge is 0.397 e. The van der Waals surface area contributed by atoms with Crippen molar-refractivity contribution in [2.45, 2.75) is 89.4 Å². The molecule has 0 saturated carbocycles. The third-order valence-corrected chi connectivity index (χ3v) is 12.8. The van der Waals surface area contributed by atoms with Gasteiger partial charge in [-0.2, -0.15) is 8.78 Å². The number of rotatable bonds is 12.